The van der Waals surface area contributed by atoms with Gasteiger partial charge in [-0.1, -0.05) is 141 Å². The number of hydrogen-bond donors (Lipinski definition) is 3. The molecule has 0 aliphatic heterocycles. The van der Waals surface area contributed by atoms with Gasteiger partial charge in [-0.2, -0.15) is 0 Å². The van der Waals surface area contributed by atoms with E-state index in [1.165, 1.54) is 103 Å². The third-order valence-electron chi connectivity index (χ3n) is 8.14. The summed E-state index contributed by atoms with van der Waals surface area (Å²) in [4.78, 5) is 22.3. The molecule has 0 aliphatic carbocycles. The fourth-order valence-electron chi connectivity index (χ4n) is 5.15. The Bertz CT molecular complexity index is 805. The van der Waals surface area contributed by atoms with Crippen LogP contribution in [-0.4, -0.2) is 66.3 Å². The third-order valence-corrected chi connectivity index (χ3v) is 9.09. The maximum atomic E-state index is 12.4. The summed E-state index contributed by atoms with van der Waals surface area (Å²) in [6, 6.07) is 0. The number of carbonyl (C=O) groups is 1. The first-order valence-electron chi connectivity index (χ1n) is 19.3. The Labute approximate surface area is 293 Å². The molecule has 48 heavy (non-hydrogen) atoms. The summed E-state index contributed by atoms with van der Waals surface area (Å²) < 4.78 is 33.1. The van der Waals surface area contributed by atoms with E-state index in [1.807, 2.05) is 0 Å². The fraction of sp³-hybridized carbons (Fsp3) is 0.868. The van der Waals surface area contributed by atoms with Crippen molar-refractivity contribution in [2.75, 3.05) is 33.0 Å². The zero-order valence-corrected chi connectivity index (χ0v) is 31.6. The van der Waals surface area contributed by atoms with Crippen LogP contribution in [0.1, 0.15) is 168 Å². The zero-order valence-electron chi connectivity index (χ0n) is 30.7. The smallest absolute Gasteiger partial charge is 0.457 e. The predicted molar refractivity (Wildman–Crippen MR) is 196 cm³/mol. The van der Waals surface area contributed by atoms with Crippen LogP contribution in [0.4, 0.5) is 0 Å². The lowest BCUT2D eigenvalue weighted by molar-refractivity contribution is -0.154. The molecule has 0 spiro atoms. The van der Waals surface area contributed by atoms with Crippen LogP contribution in [-0.2, 0) is 27.9 Å². The summed E-state index contributed by atoms with van der Waals surface area (Å²) in [6.07, 6.45) is 34.4. The van der Waals surface area contributed by atoms with Gasteiger partial charge in [-0.15, -0.1) is 0 Å². The van der Waals surface area contributed by atoms with E-state index >= 15 is 0 Å². The third kappa shape index (κ3) is 34.8. The maximum absolute atomic E-state index is 12.4. The molecule has 0 aromatic heterocycles. The average Bonchev–Trinajstić information content (AvgIpc) is 3.07. The number of aliphatic hydroxyl groups is 2. The molecule has 3 atom stereocenters. The van der Waals surface area contributed by atoms with Crippen molar-refractivity contribution in [3.8, 4) is 0 Å². The number of ether oxygens (including phenoxy) is 2. The number of rotatable bonds is 37. The molecule has 284 valence electrons. The van der Waals surface area contributed by atoms with Crippen LogP contribution in [0.25, 0.3) is 0 Å². The first-order chi connectivity index (χ1) is 23.3. The summed E-state index contributed by atoms with van der Waals surface area (Å²) >= 11 is 0. The number of hydrogen-bond acceptors (Lipinski definition) is 8. The van der Waals surface area contributed by atoms with Gasteiger partial charge in [-0.3, -0.25) is 13.8 Å². The van der Waals surface area contributed by atoms with E-state index in [4.69, 9.17) is 23.6 Å². The Hall–Kier alpha value is -1.06. The monoisotopic (exact) mass is 704 g/mol. The molecular weight excluding hydrogens is 631 g/mol. The van der Waals surface area contributed by atoms with Gasteiger partial charge in [0.2, 0.25) is 0 Å². The van der Waals surface area contributed by atoms with Crippen LogP contribution in [0, 0.1) is 0 Å². The molecule has 10 heteroatoms. The van der Waals surface area contributed by atoms with Crippen LogP contribution in [0.5, 0.6) is 0 Å². The second-order valence-corrected chi connectivity index (χ2v) is 14.4. The largest absolute Gasteiger partial charge is 0.472 e. The van der Waals surface area contributed by atoms with Gasteiger partial charge < -0.3 is 24.6 Å². The van der Waals surface area contributed by atoms with Crippen LogP contribution in [0.3, 0.4) is 0 Å². The average molecular weight is 705 g/mol. The topological polar surface area (TPSA) is 132 Å². The number of phosphoric ester groups is 1. The van der Waals surface area contributed by atoms with Gasteiger partial charge >= 0.3 is 13.8 Å². The summed E-state index contributed by atoms with van der Waals surface area (Å²) in [6.45, 7) is 3.44. The Morgan fingerprint density at radius 3 is 1.71 bits per heavy atom. The molecule has 0 bridgehead atoms. The predicted octanol–water partition coefficient (Wildman–Crippen LogP) is 9.92. The number of esters is 1. The molecule has 0 heterocycles. The van der Waals surface area contributed by atoms with Gasteiger partial charge in [0.05, 0.1) is 26.4 Å². The molecule has 0 fully saturated rings. The summed E-state index contributed by atoms with van der Waals surface area (Å²) in [5, 5.41) is 18.2. The SMILES string of the molecule is CCCCC/C=C\C/C=C\CCCCCCCCCCCCOCC(COP(=O)(O)OCC(O)CO)OC(=O)CCCCCCCCC. The standard InChI is InChI=1S/C38H73O9P/c1-3-5-7-9-11-12-13-14-15-16-17-18-19-20-21-22-23-25-27-29-31-44-34-37(35-46-48(42,43)45-33-36(40)32-39)47-38(41)30-28-26-24-10-8-6-4-2/h11-12,14-15,36-37,39-40H,3-10,13,16-35H2,1-2H3,(H,42,43)/b12-11-,15-14-. The molecular formula is C38H73O9P. The van der Waals surface area contributed by atoms with Crippen molar-refractivity contribution in [3.63, 3.8) is 0 Å². The number of aliphatic hydroxyl groups excluding tert-OH is 2. The maximum Gasteiger partial charge on any atom is 0.472 e. The van der Waals surface area contributed by atoms with Crippen LogP contribution in [0.2, 0.25) is 0 Å². The fourth-order valence-corrected chi connectivity index (χ4v) is 5.94. The summed E-state index contributed by atoms with van der Waals surface area (Å²) in [7, 11) is -4.50. The molecule has 9 nitrogen and oxygen atoms in total. The van der Waals surface area contributed by atoms with E-state index in [-0.39, 0.29) is 19.6 Å². The van der Waals surface area contributed by atoms with Gasteiger partial charge in [0.25, 0.3) is 0 Å². The molecule has 0 saturated heterocycles. The van der Waals surface area contributed by atoms with Crippen molar-refractivity contribution >= 4 is 13.8 Å². The first kappa shape index (κ1) is 46.9. The molecule has 0 radical (unpaired) electrons. The van der Waals surface area contributed by atoms with Crippen molar-refractivity contribution in [2.45, 2.75) is 180 Å². The van der Waals surface area contributed by atoms with E-state index in [2.05, 4.69) is 38.2 Å². The minimum absolute atomic E-state index is 0.0496. The Morgan fingerprint density at radius 1 is 0.646 bits per heavy atom. The van der Waals surface area contributed by atoms with Crippen LogP contribution in [0.15, 0.2) is 24.3 Å². The Balaban J connectivity index is 4.05. The highest BCUT2D eigenvalue weighted by atomic mass is 31.2. The summed E-state index contributed by atoms with van der Waals surface area (Å²) in [5.41, 5.74) is 0. The van der Waals surface area contributed by atoms with E-state index in [0.29, 0.717) is 6.61 Å². The number of phosphoric acid groups is 1. The quantitative estimate of drug-likeness (QED) is 0.0250. The van der Waals surface area contributed by atoms with Crippen LogP contribution < -0.4 is 0 Å². The molecule has 0 saturated carbocycles. The minimum Gasteiger partial charge on any atom is -0.457 e. The molecule has 0 rings (SSSR count). The first-order valence-corrected chi connectivity index (χ1v) is 20.8. The lowest BCUT2D eigenvalue weighted by atomic mass is 10.1. The Morgan fingerprint density at radius 2 is 1.12 bits per heavy atom. The number of allylic oxidation sites excluding steroid dienone is 4. The molecule has 0 aliphatic rings. The van der Waals surface area contributed by atoms with Crippen LogP contribution >= 0.6 is 7.82 Å². The van der Waals surface area contributed by atoms with Crippen molar-refractivity contribution in [1.82, 2.24) is 0 Å². The van der Waals surface area contributed by atoms with Crippen molar-refractivity contribution in [2.24, 2.45) is 0 Å². The Kier molecular flexibility index (Phi) is 35.0. The van der Waals surface area contributed by atoms with Crippen molar-refractivity contribution < 1.29 is 43.0 Å². The number of carbonyl (C=O) groups excluding carboxylic acids is 1. The molecule has 3 N–H and O–H groups in total. The van der Waals surface area contributed by atoms with E-state index < -0.39 is 39.2 Å². The van der Waals surface area contributed by atoms with Gasteiger partial charge in [-0.25, -0.2) is 4.57 Å². The second kappa shape index (κ2) is 35.8. The number of unbranched alkanes of at least 4 members (excludes halogenated alkanes) is 19. The molecule has 0 aromatic rings. The highest BCUT2D eigenvalue weighted by molar-refractivity contribution is 7.47. The van der Waals surface area contributed by atoms with E-state index in [1.54, 1.807) is 0 Å². The highest BCUT2D eigenvalue weighted by Gasteiger charge is 2.26. The van der Waals surface area contributed by atoms with Gasteiger partial charge in [0.1, 0.15) is 12.2 Å². The van der Waals surface area contributed by atoms with E-state index in [9.17, 15) is 19.4 Å². The van der Waals surface area contributed by atoms with Crippen molar-refractivity contribution in [1.29, 1.82) is 0 Å². The van der Waals surface area contributed by atoms with E-state index in [0.717, 1.165) is 44.9 Å². The molecule has 0 amide bonds. The zero-order chi connectivity index (χ0) is 35.4. The van der Waals surface area contributed by atoms with Gasteiger partial charge in [0, 0.05) is 13.0 Å². The van der Waals surface area contributed by atoms with Crippen molar-refractivity contribution in [3.05, 3.63) is 24.3 Å². The highest BCUT2D eigenvalue weighted by Crippen LogP contribution is 2.43. The van der Waals surface area contributed by atoms with Gasteiger partial charge in [0.15, 0.2) is 0 Å². The normalized spacial score (nSPS) is 14.5. The lowest BCUT2D eigenvalue weighted by Gasteiger charge is -2.20. The molecule has 0 aromatic carbocycles. The molecule has 3 unspecified atom stereocenters. The summed E-state index contributed by atoms with van der Waals surface area (Å²) in [5.74, 6) is -0.390. The second-order valence-electron chi connectivity index (χ2n) is 13.0. The van der Waals surface area contributed by atoms with Gasteiger partial charge in [-0.05, 0) is 44.9 Å². The minimum atomic E-state index is -4.50. The lowest BCUT2D eigenvalue weighted by Crippen LogP contribution is -2.29.